The molecule has 0 spiro atoms. The molecule has 0 N–H and O–H groups in total. The normalized spacial score (nSPS) is 32.5. The van der Waals surface area contributed by atoms with Crippen LogP contribution >= 0.6 is 0 Å². The first-order valence-electron chi connectivity index (χ1n) is 8.32. The van der Waals surface area contributed by atoms with E-state index < -0.39 is 0 Å². The Morgan fingerprint density at radius 1 is 1.13 bits per heavy atom. The molecule has 1 heterocycles. The van der Waals surface area contributed by atoms with Crippen LogP contribution in [0.2, 0.25) is 0 Å². The molecule has 118 valence electrons. The fraction of sp³-hybridized carbons (Fsp3) is 0.400. The van der Waals surface area contributed by atoms with Crippen molar-refractivity contribution in [2.75, 3.05) is 0 Å². The van der Waals surface area contributed by atoms with Crippen LogP contribution in [0.25, 0.3) is 0 Å². The van der Waals surface area contributed by atoms with Gasteiger partial charge >= 0.3 is 0 Å². The minimum atomic E-state index is -0.234. The van der Waals surface area contributed by atoms with Crippen molar-refractivity contribution in [2.45, 2.75) is 25.8 Å². The molecule has 1 aliphatic heterocycles. The second-order valence-electron chi connectivity index (χ2n) is 7.10. The van der Waals surface area contributed by atoms with Gasteiger partial charge < -0.3 is 0 Å². The number of likely N-dealkylation sites (tertiary alicyclic amines) is 1. The Kier molecular flexibility index (Phi) is 3.26. The maximum absolute atomic E-state index is 13.0. The number of amides is 2. The highest BCUT2D eigenvalue weighted by atomic mass is 16.2. The Bertz CT molecular complexity index is 676. The van der Waals surface area contributed by atoms with Gasteiger partial charge in [-0.2, -0.15) is 0 Å². The smallest absolute Gasteiger partial charge is 0.234 e. The number of hydrogen-bond acceptors (Lipinski definition) is 2. The molecule has 2 amide bonds. The SMILES string of the molecule is C=C(C)C(Cc1ccccc1)N1C(=O)C2C3C=CC(C3)C2C1=O. The molecule has 5 atom stereocenters. The van der Waals surface area contributed by atoms with Gasteiger partial charge in [0.1, 0.15) is 0 Å². The van der Waals surface area contributed by atoms with Gasteiger partial charge in [-0.15, -0.1) is 0 Å². The topological polar surface area (TPSA) is 37.4 Å². The first kappa shape index (κ1) is 14.4. The molecule has 3 aliphatic rings. The number of carbonyl (C=O) groups is 2. The first-order valence-corrected chi connectivity index (χ1v) is 8.32. The van der Waals surface area contributed by atoms with Gasteiger partial charge in [0.25, 0.3) is 0 Å². The standard InChI is InChI=1S/C20H21NO2/c1-12(2)16(10-13-6-4-3-5-7-13)21-19(22)17-14-8-9-15(11-14)18(17)20(21)23/h3-9,14-18H,1,10-11H2,2H3. The van der Waals surface area contributed by atoms with E-state index in [-0.39, 0.29) is 41.5 Å². The fourth-order valence-electron chi connectivity index (χ4n) is 4.56. The molecule has 0 radical (unpaired) electrons. The predicted octanol–water partition coefficient (Wildman–Crippen LogP) is 2.98. The molecule has 2 aliphatic carbocycles. The van der Waals surface area contributed by atoms with Gasteiger partial charge in [-0.25, -0.2) is 0 Å². The zero-order chi connectivity index (χ0) is 16.1. The van der Waals surface area contributed by atoms with Gasteiger partial charge in [-0.05, 0) is 37.2 Å². The summed E-state index contributed by atoms with van der Waals surface area (Å²) in [6, 6.07) is 9.77. The minimum Gasteiger partial charge on any atom is -0.274 e. The van der Waals surface area contributed by atoms with Crippen molar-refractivity contribution in [3.63, 3.8) is 0 Å². The highest BCUT2D eigenvalue weighted by Crippen LogP contribution is 2.53. The second kappa shape index (κ2) is 5.19. The lowest BCUT2D eigenvalue weighted by Gasteiger charge is -2.28. The Balaban J connectivity index is 1.64. The molecule has 2 fully saturated rings. The number of allylic oxidation sites excluding steroid dienone is 2. The molecular formula is C20H21NO2. The molecule has 0 aromatic heterocycles. The van der Waals surface area contributed by atoms with E-state index in [2.05, 4.69) is 18.7 Å². The average Bonchev–Trinajstić information content (AvgIpc) is 3.21. The third-order valence-electron chi connectivity index (χ3n) is 5.66. The molecule has 1 saturated carbocycles. The number of carbonyl (C=O) groups excluding carboxylic acids is 2. The number of imide groups is 1. The summed E-state index contributed by atoms with van der Waals surface area (Å²) in [6.45, 7) is 5.96. The Labute approximate surface area is 136 Å². The number of fused-ring (bicyclic) bond motifs is 5. The molecule has 1 saturated heterocycles. The lowest BCUT2D eigenvalue weighted by atomic mass is 9.85. The molecule has 23 heavy (non-hydrogen) atoms. The highest BCUT2D eigenvalue weighted by Gasteiger charge is 2.60. The number of rotatable bonds is 4. The van der Waals surface area contributed by atoms with Crippen LogP contribution in [0, 0.1) is 23.7 Å². The van der Waals surface area contributed by atoms with Crippen molar-refractivity contribution in [3.8, 4) is 0 Å². The van der Waals surface area contributed by atoms with Crippen molar-refractivity contribution in [1.82, 2.24) is 4.90 Å². The van der Waals surface area contributed by atoms with E-state index in [0.717, 1.165) is 17.6 Å². The Hall–Kier alpha value is -2.16. The average molecular weight is 307 g/mol. The summed E-state index contributed by atoms with van der Waals surface area (Å²) in [5, 5.41) is 0. The zero-order valence-corrected chi connectivity index (χ0v) is 13.3. The van der Waals surface area contributed by atoms with Crippen LogP contribution < -0.4 is 0 Å². The summed E-state index contributed by atoms with van der Waals surface area (Å²) in [4.78, 5) is 27.4. The van der Waals surface area contributed by atoms with E-state index in [9.17, 15) is 9.59 Å². The number of nitrogens with zero attached hydrogens (tertiary/aromatic N) is 1. The fourth-order valence-corrected chi connectivity index (χ4v) is 4.56. The van der Waals surface area contributed by atoms with Crippen LogP contribution in [0.1, 0.15) is 18.9 Å². The van der Waals surface area contributed by atoms with Gasteiger partial charge in [-0.1, -0.05) is 54.6 Å². The molecular weight excluding hydrogens is 286 g/mol. The summed E-state index contributed by atoms with van der Waals surface area (Å²) in [5.41, 5.74) is 2.00. The van der Waals surface area contributed by atoms with E-state index in [0.29, 0.717) is 6.42 Å². The third-order valence-corrected chi connectivity index (χ3v) is 5.66. The molecule has 5 unspecified atom stereocenters. The lowest BCUT2D eigenvalue weighted by molar-refractivity contribution is -0.142. The summed E-state index contributed by atoms with van der Waals surface area (Å²) in [6.07, 6.45) is 5.88. The van der Waals surface area contributed by atoms with Crippen LogP contribution in [0.5, 0.6) is 0 Å². The maximum atomic E-state index is 13.0. The molecule has 1 aromatic rings. The van der Waals surface area contributed by atoms with Gasteiger partial charge in [0.2, 0.25) is 11.8 Å². The molecule has 1 aromatic carbocycles. The van der Waals surface area contributed by atoms with Crippen molar-refractivity contribution >= 4 is 11.8 Å². The first-order chi connectivity index (χ1) is 11.1. The third kappa shape index (κ3) is 2.10. The van der Waals surface area contributed by atoms with E-state index in [1.807, 2.05) is 37.3 Å². The minimum absolute atomic E-state index is 0.0146. The monoisotopic (exact) mass is 307 g/mol. The number of hydrogen-bond donors (Lipinski definition) is 0. The van der Waals surface area contributed by atoms with E-state index in [1.165, 1.54) is 4.90 Å². The molecule has 3 nitrogen and oxygen atoms in total. The summed E-state index contributed by atoms with van der Waals surface area (Å²) < 4.78 is 0. The van der Waals surface area contributed by atoms with Gasteiger partial charge in [0.05, 0.1) is 17.9 Å². The summed E-state index contributed by atoms with van der Waals surface area (Å²) in [7, 11) is 0. The van der Waals surface area contributed by atoms with Crippen LogP contribution in [0.4, 0.5) is 0 Å². The van der Waals surface area contributed by atoms with Gasteiger partial charge in [0, 0.05) is 0 Å². The highest BCUT2D eigenvalue weighted by molar-refractivity contribution is 6.07. The molecule has 4 rings (SSSR count). The van der Waals surface area contributed by atoms with Crippen LogP contribution in [0.15, 0.2) is 54.6 Å². The lowest BCUT2D eigenvalue weighted by Crippen LogP contribution is -2.43. The van der Waals surface area contributed by atoms with Crippen LogP contribution in [0.3, 0.4) is 0 Å². The Morgan fingerprint density at radius 3 is 2.22 bits per heavy atom. The van der Waals surface area contributed by atoms with Crippen LogP contribution in [-0.2, 0) is 16.0 Å². The molecule has 2 bridgehead atoms. The van der Waals surface area contributed by atoms with E-state index in [1.54, 1.807) is 0 Å². The summed E-state index contributed by atoms with van der Waals surface area (Å²) in [5.74, 6) is 0.287. The number of benzene rings is 1. The Morgan fingerprint density at radius 2 is 1.70 bits per heavy atom. The van der Waals surface area contributed by atoms with Crippen molar-refractivity contribution in [1.29, 1.82) is 0 Å². The second-order valence-corrected chi connectivity index (χ2v) is 7.10. The van der Waals surface area contributed by atoms with Gasteiger partial charge in [0.15, 0.2) is 0 Å². The quantitative estimate of drug-likeness (QED) is 0.633. The van der Waals surface area contributed by atoms with Crippen molar-refractivity contribution in [2.24, 2.45) is 23.7 Å². The van der Waals surface area contributed by atoms with E-state index >= 15 is 0 Å². The maximum Gasteiger partial charge on any atom is 0.234 e. The largest absolute Gasteiger partial charge is 0.274 e. The van der Waals surface area contributed by atoms with Crippen LogP contribution in [-0.4, -0.2) is 22.8 Å². The molecule has 3 heteroatoms. The zero-order valence-electron chi connectivity index (χ0n) is 13.3. The van der Waals surface area contributed by atoms with Crippen molar-refractivity contribution in [3.05, 3.63) is 60.2 Å². The van der Waals surface area contributed by atoms with E-state index in [4.69, 9.17) is 0 Å². The van der Waals surface area contributed by atoms with Gasteiger partial charge in [-0.3, -0.25) is 14.5 Å². The van der Waals surface area contributed by atoms with Crippen molar-refractivity contribution < 1.29 is 9.59 Å². The summed E-state index contributed by atoms with van der Waals surface area (Å²) >= 11 is 0. The predicted molar refractivity (Wildman–Crippen MR) is 88.3 cm³/mol.